The molecular formula is C42H30N2Si. The number of rotatable bonds is 6. The molecule has 0 aliphatic carbocycles. The first-order valence-corrected chi connectivity index (χ1v) is 17.3. The molecule has 0 N–H and O–H groups in total. The van der Waals surface area contributed by atoms with Gasteiger partial charge in [0.1, 0.15) is 0 Å². The second kappa shape index (κ2) is 11.5. The first-order chi connectivity index (χ1) is 22.3. The minimum absolute atomic E-state index is 0.924. The second-order valence-corrected chi connectivity index (χ2v) is 15.2. The Balaban J connectivity index is 1.30. The van der Waals surface area contributed by atoms with Crippen molar-refractivity contribution >= 4 is 50.6 Å². The fourth-order valence-corrected chi connectivity index (χ4v) is 11.7. The van der Waals surface area contributed by atoms with E-state index in [1.807, 2.05) is 18.5 Å². The SMILES string of the molecule is c1ccc(-c2ccnc3c2ccc2c(-c4ccc([Si](c5ccccc5)(c5ccccc5)c5ccccc5)cc4)ccnc23)cc1. The zero-order valence-electron chi connectivity index (χ0n) is 24.7. The van der Waals surface area contributed by atoms with Gasteiger partial charge in [-0.15, -0.1) is 0 Å². The quantitative estimate of drug-likeness (QED) is 0.114. The lowest BCUT2D eigenvalue weighted by atomic mass is 9.96. The van der Waals surface area contributed by atoms with E-state index >= 15 is 0 Å². The molecule has 0 saturated heterocycles. The van der Waals surface area contributed by atoms with Crippen molar-refractivity contribution in [2.24, 2.45) is 0 Å². The van der Waals surface area contributed by atoms with Crippen LogP contribution in [0, 0.1) is 0 Å². The standard InChI is InChI=1S/C42H30N2Si/c1-5-13-31(14-6-1)37-27-29-43-41-39(37)25-26-40-38(28-30-44-42(40)41)32-21-23-36(24-22-32)45(33-15-7-2-8-16-33,34-17-9-3-10-18-34)35-19-11-4-12-20-35/h1-30H. The van der Waals surface area contributed by atoms with Crippen LogP contribution in [-0.2, 0) is 0 Å². The predicted octanol–water partition coefficient (Wildman–Crippen LogP) is 7.49. The summed E-state index contributed by atoms with van der Waals surface area (Å²) >= 11 is 0. The number of hydrogen-bond donors (Lipinski definition) is 0. The van der Waals surface area contributed by atoms with Gasteiger partial charge in [0.15, 0.2) is 8.07 Å². The summed E-state index contributed by atoms with van der Waals surface area (Å²) in [6, 6.07) is 61.6. The molecule has 6 aromatic carbocycles. The molecule has 0 spiro atoms. The minimum atomic E-state index is -2.57. The molecule has 0 unspecified atom stereocenters. The van der Waals surface area contributed by atoms with Gasteiger partial charge in [0.05, 0.1) is 11.0 Å². The van der Waals surface area contributed by atoms with Crippen molar-refractivity contribution in [1.29, 1.82) is 0 Å². The van der Waals surface area contributed by atoms with Crippen molar-refractivity contribution in [3.8, 4) is 22.3 Å². The molecule has 2 aromatic heterocycles. The number of fused-ring (bicyclic) bond motifs is 3. The fraction of sp³-hybridized carbons (Fsp3) is 0. The Morgan fingerprint density at radius 3 is 1.09 bits per heavy atom. The molecule has 3 heteroatoms. The van der Waals surface area contributed by atoms with Gasteiger partial charge in [-0.25, -0.2) is 0 Å². The maximum Gasteiger partial charge on any atom is 0.179 e. The van der Waals surface area contributed by atoms with E-state index in [-0.39, 0.29) is 0 Å². The average molecular weight is 591 g/mol. The molecule has 0 bridgehead atoms. The molecule has 0 aliphatic rings. The first kappa shape index (κ1) is 26.9. The van der Waals surface area contributed by atoms with Crippen LogP contribution in [0.1, 0.15) is 0 Å². The van der Waals surface area contributed by atoms with Gasteiger partial charge in [-0.05, 0) is 55.1 Å². The molecule has 0 amide bonds. The fourth-order valence-electron chi connectivity index (χ4n) is 6.91. The summed E-state index contributed by atoms with van der Waals surface area (Å²) in [5.41, 5.74) is 6.53. The highest BCUT2D eigenvalue weighted by Gasteiger charge is 2.41. The Kier molecular flexibility index (Phi) is 6.86. The Bertz CT molecular complexity index is 2140. The van der Waals surface area contributed by atoms with Crippen LogP contribution in [0.5, 0.6) is 0 Å². The highest BCUT2D eigenvalue weighted by atomic mass is 28.3. The van der Waals surface area contributed by atoms with Gasteiger partial charge in [-0.3, -0.25) is 9.97 Å². The van der Waals surface area contributed by atoms with Crippen molar-refractivity contribution in [1.82, 2.24) is 9.97 Å². The maximum atomic E-state index is 4.85. The highest BCUT2D eigenvalue weighted by Crippen LogP contribution is 2.34. The van der Waals surface area contributed by atoms with E-state index in [0.717, 1.165) is 27.4 Å². The third kappa shape index (κ3) is 4.57. The van der Waals surface area contributed by atoms with Gasteiger partial charge in [0.2, 0.25) is 0 Å². The Hall–Kier alpha value is -5.64. The summed E-state index contributed by atoms with van der Waals surface area (Å²) in [7, 11) is -2.57. The summed E-state index contributed by atoms with van der Waals surface area (Å²) in [4.78, 5) is 9.67. The molecule has 45 heavy (non-hydrogen) atoms. The average Bonchev–Trinajstić information content (AvgIpc) is 3.13. The van der Waals surface area contributed by atoms with Crippen molar-refractivity contribution in [2.45, 2.75) is 0 Å². The zero-order valence-corrected chi connectivity index (χ0v) is 25.7. The topological polar surface area (TPSA) is 25.8 Å². The lowest BCUT2D eigenvalue weighted by Gasteiger charge is -2.34. The largest absolute Gasteiger partial charge is 0.254 e. The monoisotopic (exact) mass is 590 g/mol. The number of hydrogen-bond acceptors (Lipinski definition) is 2. The molecule has 0 radical (unpaired) electrons. The molecule has 0 fully saturated rings. The smallest absolute Gasteiger partial charge is 0.179 e. The normalized spacial score (nSPS) is 11.6. The number of aromatic nitrogens is 2. The zero-order chi connectivity index (χ0) is 30.1. The number of pyridine rings is 2. The minimum Gasteiger partial charge on any atom is -0.254 e. The summed E-state index contributed by atoms with van der Waals surface area (Å²) in [6.07, 6.45) is 3.81. The third-order valence-electron chi connectivity index (χ3n) is 8.96. The van der Waals surface area contributed by atoms with Crippen molar-refractivity contribution < 1.29 is 0 Å². The van der Waals surface area contributed by atoms with Crippen LogP contribution in [0.2, 0.25) is 0 Å². The van der Waals surface area contributed by atoms with Crippen LogP contribution in [0.4, 0.5) is 0 Å². The van der Waals surface area contributed by atoms with Crippen LogP contribution < -0.4 is 20.7 Å². The van der Waals surface area contributed by atoms with E-state index in [4.69, 9.17) is 9.97 Å². The summed E-state index contributed by atoms with van der Waals surface area (Å²) in [5.74, 6) is 0. The molecule has 0 atom stereocenters. The van der Waals surface area contributed by atoms with Gasteiger partial charge >= 0.3 is 0 Å². The molecule has 0 saturated carbocycles. The van der Waals surface area contributed by atoms with Gasteiger partial charge in [0, 0.05) is 23.2 Å². The summed E-state index contributed by atoms with van der Waals surface area (Å²) < 4.78 is 0. The Morgan fingerprint density at radius 1 is 0.311 bits per heavy atom. The van der Waals surface area contributed by atoms with E-state index in [9.17, 15) is 0 Å². The van der Waals surface area contributed by atoms with Gasteiger partial charge in [-0.2, -0.15) is 0 Å². The van der Waals surface area contributed by atoms with E-state index in [1.165, 1.54) is 37.4 Å². The lowest BCUT2D eigenvalue weighted by molar-refractivity contribution is 1.37. The van der Waals surface area contributed by atoms with E-state index in [2.05, 4.69) is 164 Å². The van der Waals surface area contributed by atoms with Crippen LogP contribution in [0.25, 0.3) is 44.1 Å². The van der Waals surface area contributed by atoms with E-state index < -0.39 is 8.07 Å². The van der Waals surface area contributed by atoms with Gasteiger partial charge < -0.3 is 0 Å². The van der Waals surface area contributed by atoms with Crippen molar-refractivity contribution in [2.75, 3.05) is 0 Å². The van der Waals surface area contributed by atoms with Crippen LogP contribution in [-0.4, -0.2) is 18.0 Å². The Morgan fingerprint density at radius 2 is 0.667 bits per heavy atom. The molecule has 212 valence electrons. The Labute approximate surface area is 264 Å². The highest BCUT2D eigenvalue weighted by molar-refractivity contribution is 7.19. The molecule has 8 rings (SSSR count). The predicted molar refractivity (Wildman–Crippen MR) is 192 cm³/mol. The third-order valence-corrected chi connectivity index (χ3v) is 13.8. The summed E-state index contributed by atoms with van der Waals surface area (Å²) in [6.45, 7) is 0. The maximum absolute atomic E-state index is 4.85. The van der Waals surface area contributed by atoms with Crippen molar-refractivity contribution in [3.63, 3.8) is 0 Å². The van der Waals surface area contributed by atoms with Crippen LogP contribution >= 0.6 is 0 Å². The molecule has 8 aromatic rings. The molecule has 2 heterocycles. The lowest BCUT2D eigenvalue weighted by Crippen LogP contribution is -2.74. The van der Waals surface area contributed by atoms with Crippen molar-refractivity contribution in [3.05, 3.63) is 182 Å². The molecular weight excluding hydrogens is 561 g/mol. The van der Waals surface area contributed by atoms with Crippen LogP contribution in [0.3, 0.4) is 0 Å². The number of benzene rings is 6. The van der Waals surface area contributed by atoms with E-state index in [1.54, 1.807) is 0 Å². The van der Waals surface area contributed by atoms with Crippen LogP contribution in [0.15, 0.2) is 182 Å². The second-order valence-electron chi connectivity index (χ2n) is 11.4. The summed E-state index contributed by atoms with van der Waals surface area (Å²) in [5, 5.41) is 7.69. The van der Waals surface area contributed by atoms with E-state index in [0.29, 0.717) is 0 Å². The van der Waals surface area contributed by atoms with Gasteiger partial charge in [-0.1, -0.05) is 158 Å². The first-order valence-electron chi connectivity index (χ1n) is 15.3. The molecule has 0 aliphatic heterocycles. The molecule has 2 nitrogen and oxygen atoms in total. The van der Waals surface area contributed by atoms with Gasteiger partial charge in [0.25, 0.3) is 0 Å². The number of nitrogens with zero attached hydrogens (tertiary/aromatic N) is 2.